The summed E-state index contributed by atoms with van der Waals surface area (Å²) in [7, 11) is 0. The van der Waals surface area contributed by atoms with Gasteiger partial charge in [-0.15, -0.1) is 11.3 Å². The van der Waals surface area contributed by atoms with E-state index in [-0.39, 0.29) is 5.91 Å². The molecule has 27 heavy (non-hydrogen) atoms. The van der Waals surface area contributed by atoms with Crippen LogP contribution in [0.2, 0.25) is 0 Å². The van der Waals surface area contributed by atoms with Crippen LogP contribution in [0.25, 0.3) is 21.5 Å². The van der Waals surface area contributed by atoms with E-state index < -0.39 is 0 Å². The normalized spacial score (nSPS) is 10.7. The number of anilines is 2. The van der Waals surface area contributed by atoms with Gasteiger partial charge < -0.3 is 10.6 Å². The molecule has 2 aromatic carbocycles. The zero-order valence-electron chi connectivity index (χ0n) is 14.6. The molecule has 0 bridgehead atoms. The van der Waals surface area contributed by atoms with Gasteiger partial charge in [-0.25, -0.2) is 15.0 Å². The average molecular weight is 375 g/mol. The summed E-state index contributed by atoms with van der Waals surface area (Å²) in [6.45, 7) is 2.50. The minimum absolute atomic E-state index is 0.0814. The summed E-state index contributed by atoms with van der Waals surface area (Å²) in [5, 5.41) is 9.84. The van der Waals surface area contributed by atoms with Gasteiger partial charge in [-0.2, -0.15) is 0 Å². The number of nitrogens with one attached hydrogen (secondary N) is 2. The number of benzene rings is 2. The van der Waals surface area contributed by atoms with Gasteiger partial charge in [0.05, 0.1) is 5.52 Å². The first-order chi connectivity index (χ1) is 13.2. The van der Waals surface area contributed by atoms with Gasteiger partial charge in [-0.3, -0.25) is 4.79 Å². The van der Waals surface area contributed by atoms with Crippen LogP contribution >= 0.6 is 11.3 Å². The lowest BCUT2D eigenvalue weighted by atomic mass is 10.1. The molecule has 0 atom stereocenters. The highest BCUT2D eigenvalue weighted by Gasteiger charge is 2.06. The number of amides is 1. The fourth-order valence-electron chi connectivity index (χ4n) is 2.69. The first kappa shape index (κ1) is 17.1. The summed E-state index contributed by atoms with van der Waals surface area (Å²) in [6, 6.07) is 13.2. The summed E-state index contributed by atoms with van der Waals surface area (Å²) in [5.74, 6) is 0.428. The molecule has 2 N–H and O–H groups in total. The number of carbonyl (C=O) groups is 1. The van der Waals surface area contributed by atoms with E-state index in [4.69, 9.17) is 0 Å². The van der Waals surface area contributed by atoms with Gasteiger partial charge >= 0.3 is 0 Å². The summed E-state index contributed by atoms with van der Waals surface area (Å²) >= 11 is 1.60. The predicted molar refractivity (Wildman–Crippen MR) is 108 cm³/mol. The Balaban J connectivity index is 1.54. The topological polar surface area (TPSA) is 79.8 Å². The monoisotopic (exact) mass is 375 g/mol. The highest BCUT2D eigenvalue weighted by atomic mass is 32.1. The maximum atomic E-state index is 11.8. The van der Waals surface area contributed by atoms with Crippen molar-refractivity contribution in [2.75, 3.05) is 11.9 Å². The van der Waals surface area contributed by atoms with Gasteiger partial charge in [0, 0.05) is 46.5 Å². The quantitative estimate of drug-likeness (QED) is 0.545. The van der Waals surface area contributed by atoms with Crippen LogP contribution in [0.3, 0.4) is 0 Å². The second-order valence-corrected chi connectivity index (χ2v) is 6.76. The molecule has 134 valence electrons. The minimum Gasteiger partial charge on any atom is -0.352 e. The largest absolute Gasteiger partial charge is 0.352 e. The van der Waals surface area contributed by atoms with E-state index in [1.807, 2.05) is 42.6 Å². The molecule has 0 aliphatic rings. The molecule has 0 unspecified atom stereocenters. The molecule has 4 rings (SSSR count). The summed E-state index contributed by atoms with van der Waals surface area (Å²) < 4.78 is 0. The van der Waals surface area contributed by atoms with E-state index in [1.165, 1.54) is 0 Å². The van der Waals surface area contributed by atoms with Gasteiger partial charge in [-0.1, -0.05) is 0 Å². The third-order valence-corrected chi connectivity index (χ3v) is 4.82. The van der Waals surface area contributed by atoms with Crippen LogP contribution in [-0.2, 0) is 0 Å². The molecule has 6 nitrogen and oxygen atoms in total. The number of carbonyl (C=O) groups excluding carboxylic acids is 1. The fraction of sp³-hybridized carbons (Fsp3) is 0.100. The average Bonchev–Trinajstić information content (AvgIpc) is 3.23. The molecule has 1 amide bonds. The van der Waals surface area contributed by atoms with Crippen molar-refractivity contribution in [3.05, 3.63) is 65.8 Å². The van der Waals surface area contributed by atoms with Crippen molar-refractivity contribution < 1.29 is 4.79 Å². The molecule has 2 heterocycles. The van der Waals surface area contributed by atoms with Crippen molar-refractivity contribution in [3.63, 3.8) is 0 Å². The summed E-state index contributed by atoms with van der Waals surface area (Å²) in [6.07, 6.45) is 3.59. The SMILES string of the molecule is CCNC(=O)c1ccc(Nc2ncc3cc(-c4nccs4)ccc3n2)cc1. The van der Waals surface area contributed by atoms with Crippen molar-refractivity contribution in [3.8, 4) is 10.6 Å². The standard InChI is InChI=1S/C20H17N5OS/c1-2-21-18(26)13-3-6-16(7-4-13)24-20-23-12-15-11-14(5-8-17(15)25-20)19-22-9-10-27-19/h3-12H,2H2,1H3,(H,21,26)(H,23,24,25). The molecule has 4 aromatic rings. The Morgan fingerprint density at radius 2 is 1.96 bits per heavy atom. The zero-order valence-corrected chi connectivity index (χ0v) is 15.5. The van der Waals surface area contributed by atoms with Crippen molar-refractivity contribution >= 4 is 39.8 Å². The van der Waals surface area contributed by atoms with Crippen molar-refractivity contribution in [1.82, 2.24) is 20.3 Å². The minimum atomic E-state index is -0.0814. The lowest BCUT2D eigenvalue weighted by molar-refractivity contribution is 0.0956. The van der Waals surface area contributed by atoms with E-state index in [0.29, 0.717) is 18.1 Å². The van der Waals surface area contributed by atoms with Crippen LogP contribution in [0.4, 0.5) is 11.6 Å². The van der Waals surface area contributed by atoms with Crippen molar-refractivity contribution in [2.24, 2.45) is 0 Å². The third-order valence-electron chi connectivity index (χ3n) is 4.00. The molecule has 2 aromatic heterocycles. The Bertz CT molecular complexity index is 1080. The van der Waals surface area contributed by atoms with Crippen LogP contribution in [0.1, 0.15) is 17.3 Å². The summed E-state index contributed by atoms with van der Waals surface area (Å²) in [5.41, 5.74) is 3.35. The van der Waals surface area contributed by atoms with Crippen LogP contribution in [0.5, 0.6) is 0 Å². The molecule has 0 fully saturated rings. The van der Waals surface area contributed by atoms with Crippen molar-refractivity contribution in [2.45, 2.75) is 6.92 Å². The van der Waals surface area contributed by atoms with Crippen LogP contribution in [0, 0.1) is 0 Å². The predicted octanol–water partition coefficient (Wildman–Crippen LogP) is 4.25. The maximum absolute atomic E-state index is 11.8. The Morgan fingerprint density at radius 3 is 2.70 bits per heavy atom. The Labute approximate surface area is 160 Å². The van der Waals surface area contributed by atoms with Gasteiger partial charge in [0.2, 0.25) is 5.95 Å². The molecule has 0 spiro atoms. The highest BCUT2D eigenvalue weighted by molar-refractivity contribution is 7.13. The molecular weight excluding hydrogens is 358 g/mol. The first-order valence-corrected chi connectivity index (χ1v) is 9.43. The molecule has 0 saturated carbocycles. The number of nitrogens with zero attached hydrogens (tertiary/aromatic N) is 3. The van der Waals surface area contributed by atoms with E-state index in [9.17, 15) is 4.79 Å². The molecule has 0 radical (unpaired) electrons. The first-order valence-electron chi connectivity index (χ1n) is 8.55. The molecular formula is C20H17N5OS. The number of thiazole rings is 1. The van der Waals surface area contributed by atoms with Gasteiger partial charge in [0.25, 0.3) is 5.91 Å². The summed E-state index contributed by atoms with van der Waals surface area (Å²) in [4.78, 5) is 25.1. The second-order valence-electron chi connectivity index (χ2n) is 5.87. The van der Waals surface area contributed by atoms with Crippen LogP contribution in [0.15, 0.2) is 60.2 Å². The maximum Gasteiger partial charge on any atom is 0.251 e. The number of rotatable bonds is 5. The van der Waals surface area contributed by atoms with Gasteiger partial charge in [-0.05, 0) is 49.4 Å². The Morgan fingerprint density at radius 1 is 1.11 bits per heavy atom. The molecule has 0 aliphatic heterocycles. The van der Waals surface area contributed by atoms with E-state index in [1.54, 1.807) is 35.9 Å². The zero-order chi connectivity index (χ0) is 18.6. The second kappa shape index (κ2) is 7.51. The number of hydrogen-bond acceptors (Lipinski definition) is 6. The molecule has 0 aliphatic carbocycles. The number of fused-ring (bicyclic) bond motifs is 1. The lowest BCUT2D eigenvalue weighted by Gasteiger charge is -2.07. The Hall–Kier alpha value is -3.32. The van der Waals surface area contributed by atoms with E-state index in [0.717, 1.165) is 27.2 Å². The van der Waals surface area contributed by atoms with Gasteiger partial charge in [0.15, 0.2) is 0 Å². The lowest BCUT2D eigenvalue weighted by Crippen LogP contribution is -2.22. The smallest absolute Gasteiger partial charge is 0.251 e. The molecule has 0 saturated heterocycles. The van der Waals surface area contributed by atoms with Crippen LogP contribution in [-0.4, -0.2) is 27.4 Å². The van der Waals surface area contributed by atoms with E-state index >= 15 is 0 Å². The number of hydrogen-bond donors (Lipinski definition) is 2. The highest BCUT2D eigenvalue weighted by Crippen LogP contribution is 2.25. The van der Waals surface area contributed by atoms with Crippen LogP contribution < -0.4 is 10.6 Å². The fourth-order valence-corrected chi connectivity index (χ4v) is 3.32. The van der Waals surface area contributed by atoms with Gasteiger partial charge in [0.1, 0.15) is 5.01 Å². The number of aromatic nitrogens is 3. The van der Waals surface area contributed by atoms with Crippen molar-refractivity contribution in [1.29, 1.82) is 0 Å². The third kappa shape index (κ3) is 3.78. The van der Waals surface area contributed by atoms with E-state index in [2.05, 4.69) is 25.6 Å². The molecule has 7 heteroatoms. The Kier molecular flexibility index (Phi) is 4.76.